The van der Waals surface area contributed by atoms with Crippen molar-refractivity contribution in [1.82, 2.24) is 19.4 Å². The average molecular weight is 603 g/mol. The van der Waals surface area contributed by atoms with Gasteiger partial charge in [0.05, 0.1) is 23.6 Å². The third-order valence-corrected chi connectivity index (χ3v) is 9.60. The number of rotatable bonds is 10. The highest BCUT2D eigenvalue weighted by atomic mass is 32.2. The van der Waals surface area contributed by atoms with Crippen LogP contribution < -0.4 is 10.2 Å². The minimum atomic E-state index is -4.17. The van der Waals surface area contributed by atoms with E-state index in [2.05, 4.69) is 32.4 Å². The van der Waals surface area contributed by atoms with Gasteiger partial charge in [-0.3, -0.25) is 9.89 Å². The van der Waals surface area contributed by atoms with Crippen LogP contribution in [0.15, 0.2) is 41.3 Å². The number of likely N-dealkylation sites (N-methyl/N-ethyl adjacent to an activating group) is 1. The van der Waals surface area contributed by atoms with Gasteiger partial charge < -0.3 is 19.9 Å². The van der Waals surface area contributed by atoms with E-state index in [-0.39, 0.29) is 31.3 Å². The second kappa shape index (κ2) is 12.5. The number of nitrogens with zero attached hydrogens (tertiary/aromatic N) is 4. The molecule has 2 aliphatic heterocycles. The number of hydrogen-bond donors (Lipinski definition) is 2. The Bertz CT molecular complexity index is 1540. The monoisotopic (exact) mass is 602 g/mol. The first kappa shape index (κ1) is 30.1. The summed E-state index contributed by atoms with van der Waals surface area (Å²) in [5.74, 6) is -2.11. The van der Waals surface area contributed by atoms with Gasteiger partial charge in [0.25, 0.3) is 0 Å². The molecule has 0 amide bonds. The van der Waals surface area contributed by atoms with E-state index < -0.39 is 26.6 Å². The summed E-state index contributed by atoms with van der Waals surface area (Å²) in [7, 11) is -0.448. The number of aromatic nitrogens is 2. The summed E-state index contributed by atoms with van der Waals surface area (Å²) in [5, 5.41) is 10.7. The third kappa shape index (κ3) is 6.48. The molecule has 1 aromatic heterocycles. The second-order valence-corrected chi connectivity index (χ2v) is 12.9. The first-order chi connectivity index (χ1) is 20.0. The first-order valence-corrected chi connectivity index (χ1v) is 15.4. The molecule has 13 heteroatoms. The Balaban J connectivity index is 1.38. The number of ketones is 1. The minimum Gasteiger partial charge on any atom is -0.383 e. The molecule has 0 unspecified atom stereocenters. The van der Waals surface area contributed by atoms with Crippen molar-refractivity contribution in [2.24, 2.45) is 0 Å². The molecule has 2 aromatic carbocycles. The zero-order valence-electron chi connectivity index (χ0n) is 24.0. The summed E-state index contributed by atoms with van der Waals surface area (Å²) in [6.07, 6.45) is 0.282. The molecule has 3 heterocycles. The Morgan fingerprint density at radius 1 is 1.10 bits per heavy atom. The molecule has 0 spiro atoms. The van der Waals surface area contributed by atoms with Gasteiger partial charge in [0.1, 0.15) is 11.6 Å². The highest BCUT2D eigenvalue weighted by Crippen LogP contribution is 2.30. The molecule has 3 aromatic rings. The van der Waals surface area contributed by atoms with Gasteiger partial charge in [-0.25, -0.2) is 17.2 Å². The predicted octanol–water partition coefficient (Wildman–Crippen LogP) is 3.06. The van der Waals surface area contributed by atoms with Crippen LogP contribution in [0.25, 0.3) is 0 Å². The van der Waals surface area contributed by atoms with Gasteiger partial charge >= 0.3 is 0 Å². The molecule has 1 fully saturated rings. The lowest BCUT2D eigenvalue weighted by atomic mass is 9.99. The zero-order chi connectivity index (χ0) is 30.0. The molecule has 2 N–H and O–H groups in total. The summed E-state index contributed by atoms with van der Waals surface area (Å²) in [4.78, 5) is 17.8. The number of fused-ring (bicyclic) bond motifs is 1. The Labute approximate surface area is 244 Å². The second-order valence-electron chi connectivity index (χ2n) is 10.9. The van der Waals surface area contributed by atoms with E-state index >= 15 is 0 Å². The minimum absolute atomic E-state index is 0.0461. The summed E-state index contributed by atoms with van der Waals surface area (Å²) in [5.41, 5.74) is 4.02. The van der Waals surface area contributed by atoms with Crippen LogP contribution in [0.1, 0.15) is 34.2 Å². The first-order valence-electron chi connectivity index (χ1n) is 13.9. The predicted molar refractivity (Wildman–Crippen MR) is 155 cm³/mol. The highest BCUT2D eigenvalue weighted by Gasteiger charge is 2.32. The maximum Gasteiger partial charge on any atom is 0.243 e. The Morgan fingerprint density at radius 3 is 2.50 bits per heavy atom. The number of ether oxygens (including phenoxy) is 1. The van der Waals surface area contributed by atoms with Crippen LogP contribution in [0.5, 0.6) is 0 Å². The number of H-pyrrole nitrogens is 1. The maximum atomic E-state index is 13.8. The normalized spacial score (nSPS) is 17.2. The van der Waals surface area contributed by atoms with Gasteiger partial charge in [-0.2, -0.15) is 9.40 Å². The number of methoxy groups -OCH3 is 1. The lowest BCUT2D eigenvalue weighted by Crippen LogP contribution is -2.44. The van der Waals surface area contributed by atoms with Crippen LogP contribution in [0.4, 0.5) is 20.2 Å². The van der Waals surface area contributed by atoms with Crippen LogP contribution in [-0.2, 0) is 34.1 Å². The molecule has 0 bridgehead atoms. The number of carbonyl (C=O) groups is 1. The van der Waals surface area contributed by atoms with Crippen molar-refractivity contribution in [3.8, 4) is 0 Å². The number of sulfonamides is 1. The van der Waals surface area contributed by atoms with Crippen molar-refractivity contribution < 1.29 is 26.7 Å². The number of Topliss-reactive ketones (excluding diaryl/α,β-unsaturated/α-hetero) is 1. The Hall–Kier alpha value is -3.39. The maximum absolute atomic E-state index is 13.8. The smallest absolute Gasteiger partial charge is 0.243 e. The standard InChI is InChI=1S/C29H36F2N6O4S/c1-19(18-41-3)32-27-15-22(36-10-8-35(2)9-11-36)4-5-24(27)29(38)16-28-25-17-37(7-6-26(25)33-34-28)42(39,40)23-13-20(30)12-21(31)14-23/h4-5,12-15,19,32H,6-11,16-18H2,1-3H3,(H,33,34)/t19-/m1/s1. The van der Waals surface area contributed by atoms with E-state index in [1.54, 1.807) is 7.11 Å². The van der Waals surface area contributed by atoms with Crippen molar-refractivity contribution in [3.63, 3.8) is 0 Å². The van der Waals surface area contributed by atoms with E-state index in [1.807, 2.05) is 25.1 Å². The Kier molecular flexibility index (Phi) is 8.92. The summed E-state index contributed by atoms with van der Waals surface area (Å²) in [6.45, 7) is 6.16. The zero-order valence-corrected chi connectivity index (χ0v) is 24.8. The summed E-state index contributed by atoms with van der Waals surface area (Å²) in [6, 6.07) is 7.97. The molecule has 0 aliphatic carbocycles. The highest BCUT2D eigenvalue weighted by molar-refractivity contribution is 7.89. The molecule has 10 nitrogen and oxygen atoms in total. The molecule has 0 saturated carbocycles. The Morgan fingerprint density at radius 2 is 1.81 bits per heavy atom. The molecular formula is C29H36F2N6O4S. The number of benzene rings is 2. The van der Waals surface area contributed by atoms with Crippen molar-refractivity contribution in [3.05, 3.63) is 70.5 Å². The molecule has 1 saturated heterocycles. The van der Waals surface area contributed by atoms with E-state index in [0.29, 0.717) is 41.6 Å². The number of halogens is 2. The number of nitrogens with one attached hydrogen (secondary N) is 2. The largest absolute Gasteiger partial charge is 0.383 e. The lowest BCUT2D eigenvalue weighted by Gasteiger charge is -2.34. The summed E-state index contributed by atoms with van der Waals surface area (Å²) >= 11 is 0. The SMILES string of the molecule is COC[C@@H](C)Nc1cc(N2CCN(C)CC2)ccc1C(=O)Cc1n[nH]c2c1CN(S(=O)(=O)c1cc(F)cc(F)c1)CC2. The number of anilines is 2. The topological polar surface area (TPSA) is 111 Å². The van der Waals surface area contributed by atoms with Crippen molar-refractivity contribution in [1.29, 1.82) is 0 Å². The molecule has 42 heavy (non-hydrogen) atoms. The summed E-state index contributed by atoms with van der Waals surface area (Å²) < 4.78 is 60.5. The van der Waals surface area contributed by atoms with Gasteiger partial charge in [0.15, 0.2) is 5.78 Å². The van der Waals surface area contributed by atoms with Crippen LogP contribution in [0.2, 0.25) is 0 Å². The van der Waals surface area contributed by atoms with Crippen molar-refractivity contribution in [2.45, 2.75) is 37.2 Å². The molecule has 2 aliphatic rings. The number of aromatic amines is 1. The quantitative estimate of drug-likeness (QED) is 0.341. The van der Waals surface area contributed by atoms with E-state index in [4.69, 9.17) is 4.74 Å². The lowest BCUT2D eigenvalue weighted by molar-refractivity contribution is 0.0992. The van der Waals surface area contributed by atoms with Crippen molar-refractivity contribution >= 4 is 27.2 Å². The molecular weight excluding hydrogens is 566 g/mol. The fourth-order valence-electron chi connectivity index (χ4n) is 5.47. The number of hydrogen-bond acceptors (Lipinski definition) is 8. The number of piperazine rings is 1. The van der Waals surface area contributed by atoms with Crippen molar-refractivity contribution in [2.75, 3.05) is 63.7 Å². The average Bonchev–Trinajstić information content (AvgIpc) is 3.34. The van der Waals surface area contributed by atoms with Crippen LogP contribution >= 0.6 is 0 Å². The van der Waals surface area contributed by atoms with E-state index in [0.717, 1.165) is 54.0 Å². The van der Waals surface area contributed by atoms with Gasteiger partial charge in [-0.05, 0) is 44.3 Å². The van der Waals surface area contributed by atoms with Gasteiger partial charge in [0.2, 0.25) is 10.0 Å². The fourth-order valence-corrected chi connectivity index (χ4v) is 6.92. The van der Waals surface area contributed by atoms with Crippen LogP contribution in [-0.4, -0.2) is 93.1 Å². The molecule has 0 radical (unpaired) electrons. The molecule has 1 atom stereocenters. The number of carbonyl (C=O) groups excluding carboxylic acids is 1. The van der Waals surface area contributed by atoms with Gasteiger partial charge in [-0.15, -0.1) is 0 Å². The van der Waals surface area contributed by atoms with Crippen LogP contribution in [0.3, 0.4) is 0 Å². The van der Waals surface area contributed by atoms with Gasteiger partial charge in [-0.1, -0.05) is 0 Å². The molecule has 226 valence electrons. The van der Waals surface area contributed by atoms with Crippen LogP contribution in [0, 0.1) is 11.6 Å². The third-order valence-electron chi connectivity index (χ3n) is 7.78. The fraction of sp³-hybridized carbons (Fsp3) is 0.448. The van der Waals surface area contributed by atoms with E-state index in [9.17, 15) is 22.0 Å². The van der Waals surface area contributed by atoms with Gasteiger partial charge in [0, 0.05) is 93.1 Å². The molecule has 5 rings (SSSR count). The van der Waals surface area contributed by atoms with E-state index in [1.165, 1.54) is 0 Å².